The van der Waals surface area contributed by atoms with Crippen LogP contribution in [0.4, 0.5) is 17.5 Å². The molecular formula is C19H23N7. The Balaban J connectivity index is 1.50. The molecule has 2 unspecified atom stereocenters. The highest BCUT2D eigenvalue weighted by molar-refractivity contribution is 5.92. The molecule has 26 heavy (non-hydrogen) atoms. The lowest BCUT2D eigenvalue weighted by Crippen LogP contribution is -2.37. The number of hydrogen-bond acceptors (Lipinski definition) is 6. The minimum Gasteiger partial charge on any atom is -0.384 e. The van der Waals surface area contributed by atoms with E-state index in [9.17, 15) is 0 Å². The number of anilines is 3. The summed E-state index contributed by atoms with van der Waals surface area (Å²) in [5.41, 5.74) is 9.08. The van der Waals surface area contributed by atoms with Crippen molar-refractivity contribution >= 4 is 28.4 Å². The van der Waals surface area contributed by atoms with E-state index in [4.69, 9.17) is 10.7 Å². The SMILES string of the molecule is Cc1cc(Nc2nc(N)cc3nc(C4CC5CC[C@@H](C4)N5)ccc23)n[nH]1. The van der Waals surface area contributed by atoms with Crippen LogP contribution in [-0.4, -0.2) is 32.2 Å². The Kier molecular flexibility index (Phi) is 3.56. The van der Waals surface area contributed by atoms with E-state index in [1.54, 1.807) is 0 Å². The third-order valence-corrected chi connectivity index (χ3v) is 5.57. The van der Waals surface area contributed by atoms with E-state index in [1.165, 1.54) is 31.4 Å². The summed E-state index contributed by atoms with van der Waals surface area (Å²) in [6.07, 6.45) is 4.94. The number of aromatic nitrogens is 4. The van der Waals surface area contributed by atoms with Gasteiger partial charge in [0.05, 0.1) is 5.52 Å². The number of nitrogens with zero attached hydrogens (tertiary/aromatic N) is 3. The molecule has 0 aromatic carbocycles. The molecular weight excluding hydrogens is 326 g/mol. The van der Waals surface area contributed by atoms with Gasteiger partial charge in [0.15, 0.2) is 5.82 Å². The molecule has 0 saturated carbocycles. The fourth-order valence-electron chi connectivity index (χ4n) is 4.39. The molecule has 2 saturated heterocycles. The Morgan fingerprint density at radius 2 is 1.92 bits per heavy atom. The number of nitrogens with two attached hydrogens (primary N) is 1. The third-order valence-electron chi connectivity index (χ3n) is 5.57. The minimum absolute atomic E-state index is 0.460. The summed E-state index contributed by atoms with van der Waals surface area (Å²) < 4.78 is 0. The summed E-state index contributed by atoms with van der Waals surface area (Å²) in [5.74, 6) is 2.40. The van der Waals surface area contributed by atoms with E-state index >= 15 is 0 Å². The highest BCUT2D eigenvalue weighted by atomic mass is 15.2. The van der Waals surface area contributed by atoms with Crippen LogP contribution >= 0.6 is 0 Å². The first-order valence-corrected chi connectivity index (χ1v) is 9.26. The van der Waals surface area contributed by atoms with E-state index < -0.39 is 0 Å². The van der Waals surface area contributed by atoms with Crippen molar-refractivity contribution in [3.63, 3.8) is 0 Å². The zero-order chi connectivity index (χ0) is 17.7. The molecule has 3 aromatic rings. The van der Waals surface area contributed by atoms with Gasteiger partial charge in [0.1, 0.15) is 11.6 Å². The van der Waals surface area contributed by atoms with Gasteiger partial charge in [-0.25, -0.2) is 4.98 Å². The van der Waals surface area contributed by atoms with E-state index in [0.29, 0.717) is 29.6 Å². The Hall–Kier alpha value is -2.67. The summed E-state index contributed by atoms with van der Waals surface area (Å²) in [6, 6.07) is 9.35. The van der Waals surface area contributed by atoms with Crippen LogP contribution in [0.15, 0.2) is 24.3 Å². The normalized spacial score (nSPS) is 24.9. The number of hydrogen-bond donors (Lipinski definition) is 4. The Labute approximate surface area is 151 Å². The molecule has 2 aliphatic heterocycles. The van der Waals surface area contributed by atoms with Crippen LogP contribution in [0.2, 0.25) is 0 Å². The van der Waals surface area contributed by atoms with Gasteiger partial charge in [-0.3, -0.25) is 10.1 Å². The average molecular weight is 349 g/mol. The quantitative estimate of drug-likeness (QED) is 0.579. The number of piperidine rings is 1. The van der Waals surface area contributed by atoms with Crippen LogP contribution in [0.25, 0.3) is 10.9 Å². The molecule has 0 aliphatic carbocycles. The number of nitrogens with one attached hydrogen (secondary N) is 3. The molecule has 134 valence electrons. The number of pyridine rings is 2. The maximum absolute atomic E-state index is 6.04. The predicted octanol–water partition coefficient (Wildman–Crippen LogP) is 2.99. The lowest BCUT2D eigenvalue weighted by Gasteiger charge is -2.28. The van der Waals surface area contributed by atoms with E-state index in [-0.39, 0.29) is 0 Å². The minimum atomic E-state index is 0.460. The summed E-state index contributed by atoms with van der Waals surface area (Å²) >= 11 is 0. The van der Waals surface area contributed by atoms with Crippen molar-refractivity contribution in [3.05, 3.63) is 35.7 Å². The molecule has 0 spiro atoms. The lowest BCUT2D eigenvalue weighted by atomic mass is 9.89. The predicted molar refractivity (Wildman–Crippen MR) is 102 cm³/mol. The molecule has 2 bridgehead atoms. The molecule has 3 aromatic heterocycles. The Morgan fingerprint density at radius 3 is 2.65 bits per heavy atom. The largest absolute Gasteiger partial charge is 0.384 e. The number of nitrogen functional groups attached to an aromatic ring is 1. The van der Waals surface area contributed by atoms with Gasteiger partial charge in [0.25, 0.3) is 0 Å². The highest BCUT2D eigenvalue weighted by Crippen LogP contribution is 2.37. The van der Waals surface area contributed by atoms with E-state index in [0.717, 1.165) is 22.4 Å². The molecule has 3 atom stereocenters. The average Bonchev–Trinajstić information content (AvgIpc) is 3.18. The molecule has 0 amide bonds. The molecule has 7 heteroatoms. The van der Waals surface area contributed by atoms with Crippen molar-refractivity contribution in [3.8, 4) is 0 Å². The Bertz CT molecular complexity index is 952. The first-order chi connectivity index (χ1) is 12.6. The zero-order valence-electron chi connectivity index (χ0n) is 14.8. The van der Waals surface area contributed by atoms with Gasteiger partial charge in [-0.1, -0.05) is 0 Å². The Morgan fingerprint density at radius 1 is 1.12 bits per heavy atom. The van der Waals surface area contributed by atoms with Gasteiger partial charge in [0.2, 0.25) is 0 Å². The number of fused-ring (bicyclic) bond motifs is 3. The summed E-state index contributed by atoms with van der Waals surface area (Å²) in [6.45, 7) is 1.96. The van der Waals surface area contributed by atoms with Crippen molar-refractivity contribution in [2.24, 2.45) is 0 Å². The van der Waals surface area contributed by atoms with Crippen molar-refractivity contribution in [1.82, 2.24) is 25.5 Å². The summed E-state index contributed by atoms with van der Waals surface area (Å²) in [4.78, 5) is 9.39. The third kappa shape index (κ3) is 2.78. The first kappa shape index (κ1) is 15.6. The second kappa shape index (κ2) is 5.95. The molecule has 0 radical (unpaired) electrons. The van der Waals surface area contributed by atoms with Crippen molar-refractivity contribution in [2.45, 2.75) is 50.6 Å². The standard InChI is InChI=1S/C19H23N7/c1-10-6-18(26-25-10)24-19-14-4-5-15(22-16(14)9-17(20)23-19)11-7-12-2-3-13(8-11)21-12/h4-6,9,11-13,21H,2-3,7-8H2,1H3,(H4,20,23,24,25,26)/t11?,12-,13?/m0/s1. The maximum Gasteiger partial charge on any atom is 0.153 e. The molecule has 5 heterocycles. The smallest absolute Gasteiger partial charge is 0.153 e. The number of aromatic amines is 1. The highest BCUT2D eigenvalue weighted by Gasteiger charge is 2.34. The number of aryl methyl sites for hydroxylation is 1. The van der Waals surface area contributed by atoms with Crippen LogP contribution in [-0.2, 0) is 0 Å². The van der Waals surface area contributed by atoms with E-state index in [2.05, 4.69) is 37.9 Å². The fourth-order valence-corrected chi connectivity index (χ4v) is 4.39. The van der Waals surface area contributed by atoms with Gasteiger partial charge in [0, 0.05) is 46.9 Å². The van der Waals surface area contributed by atoms with Crippen molar-refractivity contribution in [1.29, 1.82) is 0 Å². The second-order valence-corrected chi connectivity index (χ2v) is 7.57. The molecule has 7 nitrogen and oxygen atoms in total. The van der Waals surface area contributed by atoms with Crippen LogP contribution < -0.4 is 16.4 Å². The molecule has 5 N–H and O–H groups in total. The van der Waals surface area contributed by atoms with Gasteiger partial charge < -0.3 is 16.4 Å². The van der Waals surface area contributed by atoms with Gasteiger partial charge in [-0.2, -0.15) is 5.10 Å². The van der Waals surface area contributed by atoms with Crippen molar-refractivity contribution < 1.29 is 0 Å². The first-order valence-electron chi connectivity index (χ1n) is 9.26. The maximum atomic E-state index is 6.04. The number of rotatable bonds is 3. The zero-order valence-corrected chi connectivity index (χ0v) is 14.8. The van der Waals surface area contributed by atoms with Crippen molar-refractivity contribution in [2.75, 3.05) is 11.1 Å². The second-order valence-electron chi connectivity index (χ2n) is 7.57. The van der Waals surface area contributed by atoms with Gasteiger partial charge in [-0.15, -0.1) is 0 Å². The number of H-pyrrole nitrogens is 1. The van der Waals surface area contributed by atoms with Crippen LogP contribution in [0.3, 0.4) is 0 Å². The molecule has 2 fully saturated rings. The van der Waals surface area contributed by atoms with Crippen LogP contribution in [0.5, 0.6) is 0 Å². The fraction of sp³-hybridized carbons (Fsp3) is 0.421. The monoisotopic (exact) mass is 349 g/mol. The lowest BCUT2D eigenvalue weighted by molar-refractivity contribution is 0.359. The van der Waals surface area contributed by atoms with Gasteiger partial charge in [-0.05, 0) is 44.7 Å². The molecule has 5 rings (SSSR count). The van der Waals surface area contributed by atoms with Gasteiger partial charge >= 0.3 is 0 Å². The van der Waals surface area contributed by atoms with Crippen LogP contribution in [0.1, 0.15) is 43.0 Å². The van der Waals surface area contributed by atoms with E-state index in [1.807, 2.05) is 19.1 Å². The summed E-state index contributed by atoms with van der Waals surface area (Å²) in [7, 11) is 0. The topological polar surface area (TPSA) is 105 Å². The van der Waals surface area contributed by atoms with Crippen LogP contribution in [0, 0.1) is 6.92 Å². The summed E-state index contributed by atoms with van der Waals surface area (Å²) in [5, 5.41) is 15.0. The molecule has 2 aliphatic rings.